The van der Waals surface area contributed by atoms with Gasteiger partial charge < -0.3 is 10.6 Å². The molecule has 2 heterocycles. The average Bonchev–Trinajstić information content (AvgIpc) is 2.29. The quantitative estimate of drug-likeness (QED) is 0.734. The molecule has 0 bridgehead atoms. The van der Waals surface area contributed by atoms with Crippen molar-refractivity contribution >= 4 is 5.69 Å². The van der Waals surface area contributed by atoms with Crippen LogP contribution in [0.4, 0.5) is 5.69 Å². The molecule has 1 aromatic rings. The van der Waals surface area contributed by atoms with Gasteiger partial charge in [-0.05, 0) is 18.9 Å². The molecule has 4 heteroatoms. The van der Waals surface area contributed by atoms with E-state index in [9.17, 15) is 0 Å². The second kappa shape index (κ2) is 4.28. The number of rotatable bonds is 1. The Morgan fingerprint density at radius 1 is 1.60 bits per heavy atom. The summed E-state index contributed by atoms with van der Waals surface area (Å²) in [6.45, 7) is 1.79. The number of nitrogens with zero attached hydrogens (tertiary/aromatic N) is 3. The first-order chi connectivity index (χ1) is 7.31. The fraction of sp³-hybridized carbons (Fsp3) is 0.455. The van der Waals surface area contributed by atoms with Crippen LogP contribution in [-0.2, 0) is 0 Å². The summed E-state index contributed by atoms with van der Waals surface area (Å²) in [4.78, 5) is 6.21. The predicted octanol–water partition coefficient (Wildman–Crippen LogP) is 0.881. The van der Waals surface area contributed by atoms with Crippen LogP contribution < -0.4 is 10.6 Å². The number of hydrogen-bond donors (Lipinski definition) is 1. The summed E-state index contributed by atoms with van der Waals surface area (Å²) in [5.41, 5.74) is 7.50. The maximum absolute atomic E-state index is 8.98. The Hall–Kier alpha value is -1.60. The Balaban J connectivity index is 2.25. The van der Waals surface area contributed by atoms with E-state index in [1.807, 2.05) is 0 Å². The summed E-state index contributed by atoms with van der Waals surface area (Å²) in [5.74, 6) is 0. The van der Waals surface area contributed by atoms with Gasteiger partial charge in [0.15, 0.2) is 0 Å². The summed E-state index contributed by atoms with van der Waals surface area (Å²) >= 11 is 0. The standard InChI is InChI=1S/C11H14N4/c12-6-9-3-4-14-7-11(9)15-5-1-2-10(13)8-15/h3-4,7,10H,1-2,5,8,13H2. The van der Waals surface area contributed by atoms with E-state index in [1.165, 1.54) is 0 Å². The van der Waals surface area contributed by atoms with E-state index in [0.717, 1.165) is 31.6 Å². The van der Waals surface area contributed by atoms with Gasteiger partial charge >= 0.3 is 0 Å². The average molecular weight is 202 g/mol. The lowest BCUT2D eigenvalue weighted by molar-refractivity contribution is 0.505. The first-order valence-corrected chi connectivity index (χ1v) is 5.16. The first kappa shape index (κ1) is 9.94. The van der Waals surface area contributed by atoms with Crippen LogP contribution in [0.15, 0.2) is 18.5 Å². The second-order valence-electron chi connectivity index (χ2n) is 3.85. The van der Waals surface area contributed by atoms with Crippen molar-refractivity contribution in [2.75, 3.05) is 18.0 Å². The Morgan fingerprint density at radius 3 is 3.20 bits per heavy atom. The molecule has 0 radical (unpaired) electrons. The van der Waals surface area contributed by atoms with Gasteiger partial charge in [0.05, 0.1) is 17.4 Å². The van der Waals surface area contributed by atoms with E-state index in [1.54, 1.807) is 18.5 Å². The number of pyridine rings is 1. The molecule has 1 aromatic heterocycles. The Bertz CT molecular complexity index is 382. The van der Waals surface area contributed by atoms with Crippen molar-refractivity contribution in [3.05, 3.63) is 24.0 Å². The number of nitrogens with two attached hydrogens (primary N) is 1. The summed E-state index contributed by atoms with van der Waals surface area (Å²) in [7, 11) is 0. The lowest BCUT2D eigenvalue weighted by Crippen LogP contribution is -2.43. The highest BCUT2D eigenvalue weighted by molar-refractivity contribution is 5.57. The molecule has 2 rings (SSSR count). The SMILES string of the molecule is N#Cc1ccncc1N1CCCC(N)C1. The molecule has 1 aliphatic rings. The molecule has 1 fully saturated rings. The first-order valence-electron chi connectivity index (χ1n) is 5.16. The Labute approximate surface area is 89.3 Å². The lowest BCUT2D eigenvalue weighted by Gasteiger charge is -2.32. The number of anilines is 1. The minimum Gasteiger partial charge on any atom is -0.368 e. The third kappa shape index (κ3) is 2.08. The van der Waals surface area contributed by atoms with Crippen molar-refractivity contribution in [1.82, 2.24) is 4.98 Å². The molecule has 0 aromatic carbocycles. The maximum atomic E-state index is 8.98. The molecule has 1 unspecified atom stereocenters. The van der Waals surface area contributed by atoms with Gasteiger partial charge in [0.25, 0.3) is 0 Å². The third-order valence-corrected chi connectivity index (χ3v) is 2.72. The Morgan fingerprint density at radius 2 is 2.47 bits per heavy atom. The van der Waals surface area contributed by atoms with Gasteiger partial charge in [-0.1, -0.05) is 0 Å². The number of piperidine rings is 1. The number of nitriles is 1. The highest BCUT2D eigenvalue weighted by Gasteiger charge is 2.18. The van der Waals surface area contributed by atoms with Gasteiger partial charge in [0, 0.05) is 25.3 Å². The van der Waals surface area contributed by atoms with Crippen LogP contribution in [-0.4, -0.2) is 24.1 Å². The molecule has 78 valence electrons. The number of aromatic nitrogens is 1. The molecule has 4 nitrogen and oxygen atoms in total. The zero-order valence-corrected chi connectivity index (χ0v) is 8.56. The normalized spacial score (nSPS) is 21.1. The molecular weight excluding hydrogens is 188 g/mol. The zero-order chi connectivity index (χ0) is 10.7. The highest BCUT2D eigenvalue weighted by Crippen LogP contribution is 2.21. The van der Waals surface area contributed by atoms with Crippen molar-refractivity contribution < 1.29 is 0 Å². The zero-order valence-electron chi connectivity index (χ0n) is 8.56. The van der Waals surface area contributed by atoms with Crippen LogP contribution >= 0.6 is 0 Å². The highest BCUT2D eigenvalue weighted by atomic mass is 15.2. The minimum atomic E-state index is 0.213. The van der Waals surface area contributed by atoms with Gasteiger partial charge in [0.2, 0.25) is 0 Å². The van der Waals surface area contributed by atoms with Crippen LogP contribution in [0.25, 0.3) is 0 Å². The predicted molar refractivity (Wildman–Crippen MR) is 58.4 cm³/mol. The molecule has 0 aliphatic carbocycles. The van der Waals surface area contributed by atoms with E-state index in [-0.39, 0.29) is 6.04 Å². The molecule has 1 atom stereocenters. The molecule has 0 saturated carbocycles. The summed E-state index contributed by atoms with van der Waals surface area (Å²) < 4.78 is 0. The monoisotopic (exact) mass is 202 g/mol. The number of hydrogen-bond acceptors (Lipinski definition) is 4. The van der Waals surface area contributed by atoms with Gasteiger partial charge in [-0.3, -0.25) is 4.98 Å². The molecule has 2 N–H and O–H groups in total. The summed E-state index contributed by atoms with van der Waals surface area (Å²) in [5, 5.41) is 8.98. The van der Waals surface area contributed by atoms with Crippen LogP contribution in [0.2, 0.25) is 0 Å². The summed E-state index contributed by atoms with van der Waals surface area (Å²) in [6, 6.07) is 4.14. The Kier molecular flexibility index (Phi) is 2.84. The van der Waals surface area contributed by atoms with Gasteiger partial charge in [-0.2, -0.15) is 5.26 Å². The van der Waals surface area contributed by atoms with E-state index >= 15 is 0 Å². The van der Waals surface area contributed by atoms with Crippen molar-refractivity contribution in [2.45, 2.75) is 18.9 Å². The minimum absolute atomic E-state index is 0.213. The van der Waals surface area contributed by atoms with E-state index in [0.29, 0.717) is 5.56 Å². The van der Waals surface area contributed by atoms with Crippen molar-refractivity contribution in [1.29, 1.82) is 5.26 Å². The fourth-order valence-electron chi connectivity index (χ4n) is 1.96. The van der Waals surface area contributed by atoms with Gasteiger partial charge in [-0.15, -0.1) is 0 Å². The third-order valence-electron chi connectivity index (χ3n) is 2.72. The summed E-state index contributed by atoms with van der Waals surface area (Å²) in [6.07, 6.45) is 5.54. The van der Waals surface area contributed by atoms with Crippen LogP contribution in [0.1, 0.15) is 18.4 Å². The van der Waals surface area contributed by atoms with Gasteiger partial charge in [0.1, 0.15) is 6.07 Å². The largest absolute Gasteiger partial charge is 0.368 e. The van der Waals surface area contributed by atoms with Crippen molar-refractivity contribution in [3.8, 4) is 6.07 Å². The fourth-order valence-corrected chi connectivity index (χ4v) is 1.96. The topological polar surface area (TPSA) is 65.9 Å². The smallest absolute Gasteiger partial charge is 0.101 e. The molecule has 1 aliphatic heterocycles. The molecule has 0 spiro atoms. The van der Waals surface area contributed by atoms with Crippen LogP contribution in [0.5, 0.6) is 0 Å². The van der Waals surface area contributed by atoms with E-state index in [4.69, 9.17) is 11.0 Å². The van der Waals surface area contributed by atoms with Crippen molar-refractivity contribution in [3.63, 3.8) is 0 Å². The second-order valence-corrected chi connectivity index (χ2v) is 3.85. The lowest BCUT2D eigenvalue weighted by atomic mass is 10.1. The molecule has 1 saturated heterocycles. The molecule has 15 heavy (non-hydrogen) atoms. The molecule has 0 amide bonds. The maximum Gasteiger partial charge on any atom is 0.101 e. The van der Waals surface area contributed by atoms with Crippen molar-refractivity contribution in [2.24, 2.45) is 5.73 Å². The van der Waals surface area contributed by atoms with Crippen LogP contribution in [0, 0.1) is 11.3 Å². The van der Waals surface area contributed by atoms with Gasteiger partial charge in [-0.25, -0.2) is 0 Å². The van der Waals surface area contributed by atoms with E-state index < -0.39 is 0 Å². The van der Waals surface area contributed by atoms with Crippen LogP contribution in [0.3, 0.4) is 0 Å². The molecular formula is C11H14N4. The van der Waals surface area contributed by atoms with E-state index in [2.05, 4.69) is 16.0 Å².